The maximum Gasteiger partial charge on any atom is 0.325 e. The summed E-state index contributed by atoms with van der Waals surface area (Å²) in [5, 5.41) is 12.7. The van der Waals surface area contributed by atoms with Gasteiger partial charge in [0.15, 0.2) is 5.82 Å². The fraction of sp³-hybridized carbons (Fsp3) is 0.273. The summed E-state index contributed by atoms with van der Waals surface area (Å²) in [5.41, 5.74) is 1.81. The Morgan fingerprint density at radius 1 is 1.06 bits per heavy atom. The van der Waals surface area contributed by atoms with Crippen molar-refractivity contribution in [3.63, 3.8) is 0 Å². The molecule has 1 heterocycles. The molecule has 0 aliphatic carbocycles. The van der Waals surface area contributed by atoms with Crippen molar-refractivity contribution in [2.45, 2.75) is 43.7 Å². The highest BCUT2D eigenvalue weighted by Crippen LogP contribution is 2.22. The molecule has 10 heteroatoms. The molecule has 168 valence electrons. The van der Waals surface area contributed by atoms with Gasteiger partial charge in [0.2, 0.25) is 11.1 Å². The SMILES string of the molecule is CC(Sc1nnc(COc2ccc(C(C)C)cc2)n1N)C(=O)NC(=O)Nc1ccccc1. The van der Waals surface area contributed by atoms with Gasteiger partial charge in [-0.3, -0.25) is 10.1 Å². The van der Waals surface area contributed by atoms with E-state index in [1.165, 1.54) is 10.2 Å². The standard InChI is InChI=1S/C22H26N6O3S/c1-14(2)16-9-11-18(12-10-16)31-13-19-26-27-22(28(19)23)32-15(3)20(29)25-21(30)24-17-7-5-4-6-8-17/h4-12,14-15H,13,23H2,1-3H3,(H2,24,25,29,30). The number of amides is 3. The van der Waals surface area contributed by atoms with Crippen LogP contribution < -0.4 is 21.2 Å². The second-order valence-electron chi connectivity index (χ2n) is 7.35. The first-order valence-electron chi connectivity index (χ1n) is 10.1. The van der Waals surface area contributed by atoms with Gasteiger partial charge in [0.25, 0.3) is 0 Å². The average Bonchev–Trinajstić information content (AvgIpc) is 3.12. The number of thioether (sulfide) groups is 1. The largest absolute Gasteiger partial charge is 0.486 e. The number of carbonyl (C=O) groups excluding carboxylic acids is 2. The Labute approximate surface area is 190 Å². The molecule has 32 heavy (non-hydrogen) atoms. The van der Waals surface area contributed by atoms with Crippen molar-refractivity contribution in [2.75, 3.05) is 11.2 Å². The molecule has 1 atom stereocenters. The van der Waals surface area contributed by atoms with Crippen molar-refractivity contribution in [2.24, 2.45) is 0 Å². The van der Waals surface area contributed by atoms with E-state index >= 15 is 0 Å². The number of nitrogen functional groups attached to an aromatic ring is 1. The predicted molar refractivity (Wildman–Crippen MR) is 124 cm³/mol. The van der Waals surface area contributed by atoms with Crippen LogP contribution in [0, 0.1) is 0 Å². The minimum absolute atomic E-state index is 0.130. The summed E-state index contributed by atoms with van der Waals surface area (Å²) in [4.78, 5) is 24.3. The number of benzene rings is 2. The summed E-state index contributed by atoms with van der Waals surface area (Å²) in [6, 6.07) is 16.1. The van der Waals surface area contributed by atoms with Gasteiger partial charge in [-0.05, 0) is 42.7 Å². The second-order valence-corrected chi connectivity index (χ2v) is 8.66. The summed E-state index contributed by atoms with van der Waals surface area (Å²) in [6.45, 7) is 6.04. The fourth-order valence-corrected chi connectivity index (χ4v) is 3.48. The van der Waals surface area contributed by atoms with E-state index in [2.05, 4.69) is 34.7 Å². The van der Waals surface area contributed by atoms with Crippen LogP contribution in [0.5, 0.6) is 5.75 Å². The molecular formula is C22H26N6O3S. The van der Waals surface area contributed by atoms with E-state index < -0.39 is 17.2 Å². The number of nitrogens with zero attached hydrogens (tertiary/aromatic N) is 3. The third kappa shape index (κ3) is 6.24. The molecule has 0 radical (unpaired) electrons. The van der Waals surface area contributed by atoms with Crippen molar-refractivity contribution in [1.29, 1.82) is 0 Å². The van der Waals surface area contributed by atoms with Crippen molar-refractivity contribution in [3.8, 4) is 5.75 Å². The van der Waals surface area contributed by atoms with Crippen LogP contribution in [0.4, 0.5) is 10.5 Å². The maximum atomic E-state index is 12.3. The number of para-hydroxylation sites is 1. The number of hydrogen-bond donors (Lipinski definition) is 3. The van der Waals surface area contributed by atoms with Gasteiger partial charge in [-0.25, -0.2) is 9.47 Å². The number of nitrogens with two attached hydrogens (primary N) is 1. The molecule has 2 aromatic carbocycles. The number of imide groups is 1. The molecule has 0 bridgehead atoms. The van der Waals surface area contributed by atoms with E-state index in [-0.39, 0.29) is 6.61 Å². The molecule has 0 spiro atoms. The van der Waals surface area contributed by atoms with E-state index in [4.69, 9.17) is 10.6 Å². The fourth-order valence-electron chi connectivity index (χ4n) is 2.69. The van der Waals surface area contributed by atoms with E-state index in [1.807, 2.05) is 30.3 Å². The van der Waals surface area contributed by atoms with Crippen molar-refractivity contribution >= 4 is 29.4 Å². The Balaban J connectivity index is 1.51. The van der Waals surface area contributed by atoms with E-state index in [0.29, 0.717) is 28.3 Å². The zero-order valence-corrected chi connectivity index (χ0v) is 18.9. The van der Waals surface area contributed by atoms with Gasteiger partial charge in [0, 0.05) is 5.69 Å². The lowest BCUT2D eigenvalue weighted by atomic mass is 10.0. The number of urea groups is 1. The van der Waals surface area contributed by atoms with Gasteiger partial charge >= 0.3 is 6.03 Å². The van der Waals surface area contributed by atoms with Crippen LogP contribution in [0.3, 0.4) is 0 Å². The quantitative estimate of drug-likeness (QED) is 0.351. The molecule has 3 amide bonds. The molecule has 0 aliphatic heterocycles. The molecule has 1 aromatic heterocycles. The molecule has 4 N–H and O–H groups in total. The number of rotatable bonds is 8. The van der Waals surface area contributed by atoms with Gasteiger partial charge in [-0.2, -0.15) is 0 Å². The molecule has 0 saturated heterocycles. The third-order valence-corrected chi connectivity index (χ3v) is 5.63. The molecular weight excluding hydrogens is 428 g/mol. The Morgan fingerprint density at radius 3 is 2.41 bits per heavy atom. The molecule has 0 saturated carbocycles. The van der Waals surface area contributed by atoms with Crippen LogP contribution in [0.25, 0.3) is 0 Å². The highest BCUT2D eigenvalue weighted by molar-refractivity contribution is 8.00. The lowest BCUT2D eigenvalue weighted by Crippen LogP contribution is -2.39. The number of ether oxygens (including phenoxy) is 1. The van der Waals surface area contributed by atoms with Crippen LogP contribution in [0.15, 0.2) is 59.8 Å². The molecule has 9 nitrogen and oxygen atoms in total. The monoisotopic (exact) mass is 454 g/mol. The Bertz CT molecular complexity index is 1050. The van der Waals surface area contributed by atoms with Crippen LogP contribution in [-0.4, -0.2) is 32.1 Å². The van der Waals surface area contributed by atoms with Crippen LogP contribution in [0.1, 0.15) is 38.1 Å². The summed E-state index contributed by atoms with van der Waals surface area (Å²) < 4.78 is 7.02. The van der Waals surface area contributed by atoms with Crippen LogP contribution in [0.2, 0.25) is 0 Å². The minimum atomic E-state index is -0.625. The first kappa shape index (κ1) is 23.1. The molecule has 3 aromatic rings. The van der Waals surface area contributed by atoms with Gasteiger partial charge in [0.05, 0.1) is 5.25 Å². The summed E-state index contributed by atoms with van der Waals surface area (Å²) in [7, 11) is 0. The highest BCUT2D eigenvalue weighted by atomic mass is 32.2. The lowest BCUT2D eigenvalue weighted by molar-refractivity contribution is -0.119. The lowest BCUT2D eigenvalue weighted by Gasteiger charge is -2.12. The van der Waals surface area contributed by atoms with E-state index in [9.17, 15) is 9.59 Å². The average molecular weight is 455 g/mol. The third-order valence-electron chi connectivity index (χ3n) is 4.57. The van der Waals surface area contributed by atoms with Crippen molar-refractivity contribution < 1.29 is 14.3 Å². The number of aromatic nitrogens is 3. The molecule has 3 rings (SSSR count). The Morgan fingerprint density at radius 2 is 1.75 bits per heavy atom. The highest BCUT2D eigenvalue weighted by Gasteiger charge is 2.21. The Hall–Kier alpha value is -3.53. The number of carbonyl (C=O) groups is 2. The first-order chi connectivity index (χ1) is 15.3. The predicted octanol–water partition coefficient (Wildman–Crippen LogP) is 3.52. The Kier molecular flexibility index (Phi) is 7.72. The summed E-state index contributed by atoms with van der Waals surface area (Å²) in [5.74, 6) is 7.14. The number of hydrogen-bond acceptors (Lipinski definition) is 7. The van der Waals surface area contributed by atoms with Gasteiger partial charge in [-0.15, -0.1) is 10.2 Å². The second kappa shape index (κ2) is 10.7. The zero-order valence-electron chi connectivity index (χ0n) is 18.1. The molecule has 0 fully saturated rings. The topological polar surface area (TPSA) is 124 Å². The normalized spacial score (nSPS) is 11.8. The number of nitrogens with one attached hydrogen (secondary N) is 2. The molecule has 0 aliphatic rings. The van der Waals surface area contributed by atoms with Gasteiger partial charge < -0.3 is 15.9 Å². The summed E-state index contributed by atoms with van der Waals surface area (Å²) >= 11 is 1.09. The smallest absolute Gasteiger partial charge is 0.325 e. The van der Waals surface area contributed by atoms with Gasteiger partial charge in [-0.1, -0.05) is 55.9 Å². The summed E-state index contributed by atoms with van der Waals surface area (Å²) in [6.07, 6.45) is 0. The molecule has 1 unspecified atom stereocenters. The van der Waals surface area contributed by atoms with Gasteiger partial charge in [0.1, 0.15) is 12.4 Å². The van der Waals surface area contributed by atoms with Crippen LogP contribution >= 0.6 is 11.8 Å². The van der Waals surface area contributed by atoms with Crippen molar-refractivity contribution in [1.82, 2.24) is 20.2 Å². The minimum Gasteiger partial charge on any atom is -0.486 e. The van der Waals surface area contributed by atoms with Crippen molar-refractivity contribution in [3.05, 3.63) is 66.0 Å². The van der Waals surface area contributed by atoms with E-state index in [0.717, 1.165) is 11.8 Å². The number of anilines is 1. The first-order valence-corrected chi connectivity index (χ1v) is 11.0. The van der Waals surface area contributed by atoms with E-state index in [1.54, 1.807) is 31.2 Å². The maximum absolute atomic E-state index is 12.3. The zero-order chi connectivity index (χ0) is 23.1. The van der Waals surface area contributed by atoms with Crippen LogP contribution in [-0.2, 0) is 11.4 Å².